The van der Waals surface area contributed by atoms with Gasteiger partial charge < -0.3 is 10.2 Å². The summed E-state index contributed by atoms with van der Waals surface area (Å²) in [4.78, 5) is 13.6. The number of amides is 1. The van der Waals surface area contributed by atoms with Gasteiger partial charge in [0.1, 0.15) is 0 Å². The maximum Gasteiger partial charge on any atom is 0.248 e. The van der Waals surface area contributed by atoms with E-state index in [1.165, 1.54) is 6.08 Å². The minimum Gasteiger partial charge on any atom is -0.378 e. The Labute approximate surface area is 146 Å². The molecule has 0 aliphatic carbocycles. The summed E-state index contributed by atoms with van der Waals surface area (Å²) in [5.74, 6) is -0.208. The third-order valence-corrected chi connectivity index (χ3v) is 3.01. The van der Waals surface area contributed by atoms with Gasteiger partial charge in [-0.2, -0.15) is 0 Å². The van der Waals surface area contributed by atoms with E-state index in [1.54, 1.807) is 18.2 Å². The van der Waals surface area contributed by atoms with Gasteiger partial charge in [-0.3, -0.25) is 4.79 Å². The topological polar surface area (TPSA) is 32.3 Å². The highest BCUT2D eigenvalue weighted by atomic mass is 16.1. The molecule has 0 aromatic heterocycles. The summed E-state index contributed by atoms with van der Waals surface area (Å²) < 4.78 is 0. The zero-order chi connectivity index (χ0) is 18.5. The fraction of sp³-hybridized carbons (Fsp3) is 0.190. The maximum atomic E-state index is 11.7. The molecule has 1 N–H and O–H groups in total. The third-order valence-electron chi connectivity index (χ3n) is 3.01. The molecule has 0 saturated heterocycles. The minimum atomic E-state index is -0.208. The van der Waals surface area contributed by atoms with Crippen molar-refractivity contribution in [2.24, 2.45) is 0 Å². The molecule has 0 spiro atoms. The van der Waals surface area contributed by atoms with Crippen LogP contribution in [-0.4, -0.2) is 24.9 Å². The number of carbonyl (C=O) groups is 1. The van der Waals surface area contributed by atoms with Gasteiger partial charge in [0.25, 0.3) is 0 Å². The second kappa shape index (κ2) is 11.7. The van der Waals surface area contributed by atoms with Crippen molar-refractivity contribution in [3.05, 3.63) is 97.5 Å². The van der Waals surface area contributed by atoms with Gasteiger partial charge in [0.2, 0.25) is 5.91 Å². The summed E-state index contributed by atoms with van der Waals surface area (Å²) in [5.41, 5.74) is 2.86. The number of hydrogen-bond donors (Lipinski definition) is 1. The average Bonchev–Trinajstić information content (AvgIpc) is 2.53. The van der Waals surface area contributed by atoms with Crippen molar-refractivity contribution in [3.8, 4) is 0 Å². The van der Waals surface area contributed by atoms with Crippen molar-refractivity contribution in [2.75, 3.05) is 14.1 Å². The van der Waals surface area contributed by atoms with Crippen LogP contribution in [0, 0.1) is 0 Å². The normalized spacial score (nSPS) is 11.5. The van der Waals surface area contributed by atoms with Gasteiger partial charge in [-0.25, -0.2) is 0 Å². The van der Waals surface area contributed by atoms with Gasteiger partial charge in [-0.15, -0.1) is 0 Å². The van der Waals surface area contributed by atoms with Crippen molar-refractivity contribution in [1.29, 1.82) is 0 Å². The Kier molecular flexibility index (Phi) is 10.3. The lowest BCUT2D eigenvalue weighted by molar-refractivity contribution is -0.115. The standard InChI is InChI=1S/C21H28N2O/c1-8-9-10-11-12-21(24)22-19(4)15-13-17(2)18(3)14-16-20(5)23(6)7/h8-9,11-16H,2-5,10H2,1,6-7H3,(H,22,24)/b9-8+,12-11+,15-13-,16-14-. The molecule has 3 heteroatoms. The highest BCUT2D eigenvalue weighted by Crippen LogP contribution is 2.11. The molecule has 0 fully saturated rings. The van der Waals surface area contributed by atoms with E-state index in [0.717, 1.165) is 23.3 Å². The molecule has 0 aliphatic rings. The summed E-state index contributed by atoms with van der Waals surface area (Å²) in [6, 6.07) is 0. The molecule has 0 bridgehead atoms. The molecule has 3 nitrogen and oxygen atoms in total. The zero-order valence-electron chi connectivity index (χ0n) is 15.0. The Balaban J connectivity index is 4.46. The Bertz CT molecular complexity index is 614. The maximum absolute atomic E-state index is 11.7. The molecule has 128 valence electrons. The van der Waals surface area contributed by atoms with Gasteiger partial charge >= 0.3 is 0 Å². The van der Waals surface area contributed by atoms with Crippen LogP contribution in [0.5, 0.6) is 0 Å². The molecule has 0 rings (SSSR count). The largest absolute Gasteiger partial charge is 0.378 e. The smallest absolute Gasteiger partial charge is 0.248 e. The second-order valence-electron chi connectivity index (χ2n) is 5.32. The van der Waals surface area contributed by atoms with E-state index < -0.39 is 0 Å². The predicted octanol–water partition coefficient (Wildman–Crippen LogP) is 4.44. The van der Waals surface area contributed by atoms with Gasteiger partial charge in [-0.05, 0) is 42.7 Å². The monoisotopic (exact) mass is 324 g/mol. The van der Waals surface area contributed by atoms with E-state index in [-0.39, 0.29) is 5.91 Å². The summed E-state index contributed by atoms with van der Waals surface area (Å²) in [5, 5.41) is 2.68. The first-order chi connectivity index (χ1) is 11.3. The lowest BCUT2D eigenvalue weighted by atomic mass is 10.1. The number of likely N-dealkylation sites (N-methyl/N-ethyl adjacent to an activating group) is 1. The van der Waals surface area contributed by atoms with Crippen molar-refractivity contribution in [3.63, 3.8) is 0 Å². The molecule has 1 amide bonds. The van der Waals surface area contributed by atoms with Crippen LogP contribution in [0.4, 0.5) is 0 Å². The quantitative estimate of drug-likeness (QED) is 0.366. The van der Waals surface area contributed by atoms with E-state index in [4.69, 9.17) is 0 Å². The number of hydrogen-bond acceptors (Lipinski definition) is 2. The molecule has 0 heterocycles. The van der Waals surface area contributed by atoms with E-state index in [2.05, 4.69) is 31.6 Å². The number of nitrogens with zero attached hydrogens (tertiary/aromatic N) is 1. The highest BCUT2D eigenvalue weighted by molar-refractivity contribution is 5.89. The molecule has 0 aliphatic heterocycles. The first-order valence-electron chi connectivity index (χ1n) is 7.66. The van der Waals surface area contributed by atoms with E-state index >= 15 is 0 Å². The first-order valence-corrected chi connectivity index (χ1v) is 7.66. The Morgan fingerprint density at radius 2 is 1.50 bits per heavy atom. The van der Waals surface area contributed by atoms with Crippen LogP contribution in [0.25, 0.3) is 0 Å². The van der Waals surface area contributed by atoms with Crippen molar-refractivity contribution < 1.29 is 4.79 Å². The summed E-state index contributed by atoms with van der Waals surface area (Å²) in [6.07, 6.45) is 15.1. The Morgan fingerprint density at radius 1 is 0.917 bits per heavy atom. The second-order valence-corrected chi connectivity index (χ2v) is 5.32. The third kappa shape index (κ3) is 10.0. The van der Waals surface area contributed by atoms with E-state index in [9.17, 15) is 4.79 Å². The van der Waals surface area contributed by atoms with Gasteiger partial charge in [-0.1, -0.05) is 56.7 Å². The van der Waals surface area contributed by atoms with Crippen LogP contribution in [0.3, 0.4) is 0 Å². The lowest BCUT2D eigenvalue weighted by Crippen LogP contribution is -2.18. The SMILES string of the molecule is C=C(/C=C\C(=C)C(=C)/C=C\C(=C)N(C)C)NC(=O)/C=C/C/C=C/C. The molecular formula is C21H28N2O. The molecule has 0 radical (unpaired) electrons. The number of carbonyl (C=O) groups excluding carboxylic acids is 1. The number of nitrogens with one attached hydrogen (secondary N) is 1. The predicted molar refractivity (Wildman–Crippen MR) is 105 cm³/mol. The van der Waals surface area contributed by atoms with Gasteiger partial charge in [0, 0.05) is 25.5 Å². The number of allylic oxidation sites excluding steroid dienone is 9. The first kappa shape index (κ1) is 21.2. The van der Waals surface area contributed by atoms with E-state index in [0.29, 0.717) is 5.70 Å². The number of rotatable bonds is 10. The fourth-order valence-corrected chi connectivity index (χ4v) is 1.39. The molecule has 0 aromatic rings. The van der Waals surface area contributed by atoms with Crippen molar-refractivity contribution in [2.45, 2.75) is 13.3 Å². The van der Waals surface area contributed by atoms with Gasteiger partial charge in [0.05, 0.1) is 0 Å². The zero-order valence-corrected chi connectivity index (χ0v) is 15.0. The van der Waals surface area contributed by atoms with Crippen LogP contribution in [0.2, 0.25) is 0 Å². The van der Waals surface area contributed by atoms with Crippen LogP contribution < -0.4 is 5.32 Å². The summed E-state index contributed by atoms with van der Waals surface area (Å²) >= 11 is 0. The molecule has 24 heavy (non-hydrogen) atoms. The molecule has 0 atom stereocenters. The van der Waals surface area contributed by atoms with Crippen LogP contribution in [-0.2, 0) is 4.79 Å². The minimum absolute atomic E-state index is 0.208. The Morgan fingerprint density at radius 3 is 2.04 bits per heavy atom. The molecule has 0 saturated carbocycles. The summed E-state index contributed by atoms with van der Waals surface area (Å²) in [6.45, 7) is 17.5. The average molecular weight is 324 g/mol. The van der Waals surface area contributed by atoms with E-state index in [1.807, 2.05) is 50.2 Å². The van der Waals surface area contributed by atoms with Crippen LogP contribution in [0.15, 0.2) is 97.5 Å². The van der Waals surface area contributed by atoms with Gasteiger partial charge in [0.15, 0.2) is 0 Å². The summed E-state index contributed by atoms with van der Waals surface area (Å²) in [7, 11) is 3.84. The van der Waals surface area contributed by atoms with Crippen LogP contribution in [0.1, 0.15) is 13.3 Å². The van der Waals surface area contributed by atoms with Crippen LogP contribution >= 0.6 is 0 Å². The highest BCUT2D eigenvalue weighted by Gasteiger charge is 1.97. The van der Waals surface area contributed by atoms with Crippen molar-refractivity contribution in [1.82, 2.24) is 10.2 Å². The lowest BCUT2D eigenvalue weighted by Gasteiger charge is -2.11. The fourth-order valence-electron chi connectivity index (χ4n) is 1.39. The molecular weight excluding hydrogens is 296 g/mol. The Hall–Kier alpha value is -2.81. The molecule has 0 aromatic carbocycles. The van der Waals surface area contributed by atoms with Crippen molar-refractivity contribution >= 4 is 5.91 Å². The molecule has 0 unspecified atom stereocenters.